The van der Waals surface area contributed by atoms with Gasteiger partial charge < -0.3 is 9.64 Å². The Morgan fingerprint density at radius 3 is 2.50 bits per heavy atom. The predicted molar refractivity (Wildman–Crippen MR) is 114 cm³/mol. The van der Waals surface area contributed by atoms with E-state index < -0.39 is 4.92 Å². The number of benzene rings is 1. The van der Waals surface area contributed by atoms with E-state index in [-0.39, 0.29) is 29.2 Å². The molecule has 0 aliphatic carbocycles. The quantitative estimate of drug-likeness (QED) is 0.307. The number of nitro groups is 1. The van der Waals surface area contributed by atoms with Gasteiger partial charge in [0.15, 0.2) is 0 Å². The van der Waals surface area contributed by atoms with Crippen LogP contribution in [0.3, 0.4) is 0 Å². The lowest BCUT2D eigenvalue weighted by Gasteiger charge is -2.32. The molecule has 1 aromatic carbocycles. The Morgan fingerprint density at radius 2 is 1.88 bits per heavy atom. The second-order valence-electron chi connectivity index (χ2n) is 7.13. The van der Waals surface area contributed by atoms with E-state index in [9.17, 15) is 14.9 Å². The Bertz CT molecular complexity index is 1070. The van der Waals surface area contributed by atoms with Gasteiger partial charge in [0.05, 0.1) is 23.1 Å². The summed E-state index contributed by atoms with van der Waals surface area (Å²) in [6.45, 7) is 2.99. The van der Waals surface area contributed by atoms with Crippen LogP contribution in [-0.4, -0.2) is 55.4 Å². The number of para-hydroxylation sites is 1. The Hall–Kier alpha value is -4.09. The minimum Gasteiger partial charge on any atom is -0.466 e. The normalized spacial score (nSPS) is 14.2. The maximum absolute atomic E-state index is 12.2. The van der Waals surface area contributed by atoms with Crippen LogP contribution in [0.4, 0.5) is 23.0 Å². The van der Waals surface area contributed by atoms with E-state index in [1.165, 1.54) is 23.7 Å². The molecule has 1 fully saturated rings. The fourth-order valence-electron chi connectivity index (χ4n) is 3.73. The van der Waals surface area contributed by atoms with E-state index in [1.54, 1.807) is 24.1 Å². The van der Waals surface area contributed by atoms with Crippen LogP contribution in [0.1, 0.15) is 19.8 Å². The minimum atomic E-state index is -0.484. The first kappa shape index (κ1) is 21.2. The van der Waals surface area contributed by atoms with Gasteiger partial charge in [0.25, 0.3) is 0 Å². The summed E-state index contributed by atoms with van der Waals surface area (Å²) < 4.78 is 6.63. The van der Waals surface area contributed by atoms with Gasteiger partial charge >= 0.3 is 11.7 Å². The number of hydrogen-bond donors (Lipinski definition) is 0. The van der Waals surface area contributed by atoms with Crippen molar-refractivity contribution in [1.82, 2.24) is 24.8 Å². The maximum Gasteiger partial charge on any atom is 0.355 e. The van der Waals surface area contributed by atoms with Crippen molar-refractivity contribution in [2.24, 2.45) is 5.92 Å². The molecular formula is C20H22N8O4. The van der Waals surface area contributed by atoms with Crippen LogP contribution in [0.15, 0.2) is 49.3 Å². The van der Waals surface area contributed by atoms with Gasteiger partial charge in [-0.25, -0.2) is 19.7 Å². The van der Waals surface area contributed by atoms with E-state index in [4.69, 9.17) is 4.74 Å². The molecule has 1 aliphatic heterocycles. The number of ether oxygens (including phenoxy) is 1. The average Bonchev–Trinajstić information content (AvgIpc) is 3.34. The smallest absolute Gasteiger partial charge is 0.355 e. The van der Waals surface area contributed by atoms with Gasteiger partial charge in [-0.1, -0.05) is 18.2 Å². The Morgan fingerprint density at radius 1 is 1.19 bits per heavy atom. The standard InChI is InChI=1S/C20H22N8O4/c1-2-32-20(29)15-8-10-25(11-9-15)18-17(28(30)31)19(22-12-21-18)27(26-13-23-24-14-26)16-6-4-3-5-7-16/h3-7,12-15H,2,8-11H2,1H3. The molecule has 0 N–H and O–H groups in total. The summed E-state index contributed by atoms with van der Waals surface area (Å²) >= 11 is 0. The third-order valence-corrected chi connectivity index (χ3v) is 5.22. The fraction of sp³-hybridized carbons (Fsp3) is 0.350. The van der Waals surface area contributed by atoms with E-state index in [0.29, 0.717) is 38.2 Å². The highest BCUT2D eigenvalue weighted by molar-refractivity contribution is 5.77. The van der Waals surface area contributed by atoms with Gasteiger partial charge in [-0.05, 0) is 31.9 Å². The lowest BCUT2D eigenvalue weighted by molar-refractivity contribution is -0.383. The Balaban J connectivity index is 1.71. The highest BCUT2D eigenvalue weighted by atomic mass is 16.6. The molecule has 1 aliphatic rings. The van der Waals surface area contributed by atoms with E-state index in [0.717, 1.165) is 0 Å². The SMILES string of the molecule is CCOC(=O)C1CCN(c2ncnc(N(c3ccccc3)n3cnnc3)c2[N+](=O)[O-])CC1. The number of aromatic nitrogens is 5. The molecule has 0 atom stereocenters. The van der Waals surface area contributed by atoms with Crippen LogP contribution >= 0.6 is 0 Å². The maximum atomic E-state index is 12.2. The summed E-state index contributed by atoms with van der Waals surface area (Å²) in [6, 6.07) is 9.09. The summed E-state index contributed by atoms with van der Waals surface area (Å²) in [4.78, 5) is 34.1. The Kier molecular flexibility index (Phi) is 6.19. The molecule has 3 heterocycles. The van der Waals surface area contributed by atoms with Crippen molar-refractivity contribution in [2.45, 2.75) is 19.8 Å². The number of piperidine rings is 1. The molecule has 1 saturated heterocycles. The first-order valence-electron chi connectivity index (χ1n) is 10.2. The number of carbonyl (C=O) groups excluding carboxylic acids is 1. The predicted octanol–water partition coefficient (Wildman–Crippen LogP) is 2.36. The van der Waals surface area contributed by atoms with Crippen molar-refractivity contribution in [3.05, 3.63) is 59.4 Å². The van der Waals surface area contributed by atoms with Gasteiger partial charge in [0, 0.05) is 13.1 Å². The molecule has 0 radical (unpaired) electrons. The third-order valence-electron chi connectivity index (χ3n) is 5.22. The molecular weight excluding hydrogens is 416 g/mol. The molecule has 3 aromatic rings. The number of rotatable bonds is 7. The van der Waals surface area contributed by atoms with Crippen molar-refractivity contribution >= 4 is 29.0 Å². The average molecular weight is 438 g/mol. The first-order valence-corrected chi connectivity index (χ1v) is 10.2. The van der Waals surface area contributed by atoms with Crippen LogP contribution in [0, 0.1) is 16.0 Å². The molecule has 2 aromatic heterocycles. The summed E-state index contributed by atoms with van der Waals surface area (Å²) in [6.07, 6.45) is 5.23. The summed E-state index contributed by atoms with van der Waals surface area (Å²) in [7, 11) is 0. The molecule has 12 nitrogen and oxygen atoms in total. The van der Waals surface area contributed by atoms with Crippen molar-refractivity contribution in [2.75, 3.05) is 29.6 Å². The number of hydrogen-bond acceptors (Lipinski definition) is 10. The van der Waals surface area contributed by atoms with E-state index in [1.807, 2.05) is 23.1 Å². The fourth-order valence-corrected chi connectivity index (χ4v) is 3.73. The lowest BCUT2D eigenvalue weighted by atomic mass is 9.97. The van der Waals surface area contributed by atoms with Crippen LogP contribution < -0.4 is 9.91 Å². The second kappa shape index (κ2) is 9.37. The zero-order chi connectivity index (χ0) is 22.5. The number of carbonyl (C=O) groups is 1. The Labute approximate surface area is 183 Å². The van der Waals surface area contributed by atoms with Gasteiger partial charge in [-0.15, -0.1) is 10.2 Å². The largest absolute Gasteiger partial charge is 0.466 e. The van der Waals surface area contributed by atoms with Crippen molar-refractivity contribution in [3.63, 3.8) is 0 Å². The lowest BCUT2D eigenvalue weighted by Crippen LogP contribution is -2.38. The molecule has 0 amide bonds. The van der Waals surface area contributed by atoms with Gasteiger partial charge in [-0.2, -0.15) is 0 Å². The monoisotopic (exact) mass is 438 g/mol. The molecule has 0 spiro atoms. The van der Waals surface area contributed by atoms with Crippen LogP contribution in [0.25, 0.3) is 0 Å². The minimum absolute atomic E-state index is 0.0820. The molecule has 0 bridgehead atoms. The number of nitrogens with zero attached hydrogens (tertiary/aromatic N) is 8. The van der Waals surface area contributed by atoms with Crippen molar-refractivity contribution < 1.29 is 14.5 Å². The molecule has 12 heteroatoms. The first-order chi connectivity index (χ1) is 15.6. The zero-order valence-corrected chi connectivity index (χ0v) is 17.4. The van der Waals surface area contributed by atoms with Crippen LogP contribution in [0.5, 0.6) is 0 Å². The van der Waals surface area contributed by atoms with Crippen molar-refractivity contribution in [3.8, 4) is 0 Å². The van der Waals surface area contributed by atoms with Gasteiger partial charge in [0.2, 0.25) is 11.6 Å². The van der Waals surface area contributed by atoms with Crippen molar-refractivity contribution in [1.29, 1.82) is 0 Å². The summed E-state index contributed by atoms with van der Waals surface area (Å²) in [5.41, 5.74) is 0.403. The molecule has 32 heavy (non-hydrogen) atoms. The summed E-state index contributed by atoms with van der Waals surface area (Å²) in [5, 5.41) is 21.4. The van der Waals surface area contributed by atoms with Crippen LogP contribution in [-0.2, 0) is 9.53 Å². The molecule has 4 rings (SSSR count). The highest BCUT2D eigenvalue weighted by Crippen LogP contribution is 2.38. The van der Waals surface area contributed by atoms with Gasteiger partial charge in [-0.3, -0.25) is 14.9 Å². The number of esters is 1. The van der Waals surface area contributed by atoms with Gasteiger partial charge in [0.1, 0.15) is 19.0 Å². The highest BCUT2D eigenvalue weighted by Gasteiger charge is 2.34. The third kappa shape index (κ3) is 4.19. The topological polar surface area (TPSA) is 132 Å². The summed E-state index contributed by atoms with van der Waals surface area (Å²) in [5.74, 6) is -0.160. The molecule has 166 valence electrons. The molecule has 0 saturated carbocycles. The van der Waals surface area contributed by atoms with E-state index in [2.05, 4.69) is 20.2 Å². The number of anilines is 3. The zero-order valence-electron chi connectivity index (χ0n) is 17.4. The molecule has 0 unspecified atom stereocenters. The second-order valence-corrected chi connectivity index (χ2v) is 7.13. The van der Waals surface area contributed by atoms with Crippen LogP contribution in [0.2, 0.25) is 0 Å². The van der Waals surface area contributed by atoms with E-state index >= 15 is 0 Å².